The minimum atomic E-state index is -0.145. The Balaban J connectivity index is 1.73. The van der Waals surface area contributed by atoms with Gasteiger partial charge in [-0.1, -0.05) is 20.8 Å². The van der Waals surface area contributed by atoms with Gasteiger partial charge in [0.05, 0.1) is 12.3 Å². The van der Waals surface area contributed by atoms with Gasteiger partial charge in [-0.05, 0) is 19.1 Å². The molecule has 1 fully saturated rings. The van der Waals surface area contributed by atoms with E-state index in [9.17, 15) is 4.79 Å². The minimum absolute atomic E-state index is 0.0547. The molecule has 0 saturated carbocycles. The van der Waals surface area contributed by atoms with Gasteiger partial charge in [0, 0.05) is 44.8 Å². The van der Waals surface area contributed by atoms with E-state index >= 15 is 0 Å². The fourth-order valence-corrected chi connectivity index (χ4v) is 3.05. The molecule has 0 atom stereocenters. The monoisotopic (exact) mass is 372 g/mol. The summed E-state index contributed by atoms with van der Waals surface area (Å²) in [5.74, 6) is 2.79. The maximum atomic E-state index is 12.6. The number of carbonyl (C=O) groups excluding carboxylic acids is 1. The lowest BCUT2D eigenvalue weighted by Crippen LogP contribution is -2.49. The van der Waals surface area contributed by atoms with E-state index in [0.29, 0.717) is 25.5 Å². The van der Waals surface area contributed by atoms with E-state index in [2.05, 4.69) is 30.7 Å². The summed E-state index contributed by atoms with van der Waals surface area (Å²) in [5, 5.41) is 0. The number of aromatic nitrogens is 2. The van der Waals surface area contributed by atoms with Crippen LogP contribution in [0.5, 0.6) is 0 Å². The number of carbonyl (C=O) groups is 1. The molecule has 3 heterocycles. The molecule has 1 aliphatic rings. The number of hydrogen-bond donors (Lipinski definition) is 0. The zero-order valence-corrected chi connectivity index (χ0v) is 16.8. The summed E-state index contributed by atoms with van der Waals surface area (Å²) >= 11 is 0. The normalized spacial score (nSPS) is 15.3. The van der Waals surface area contributed by atoms with Gasteiger partial charge < -0.3 is 19.0 Å². The minimum Gasteiger partial charge on any atom is -0.456 e. The van der Waals surface area contributed by atoms with Crippen molar-refractivity contribution < 1.29 is 13.9 Å². The molecule has 2 aromatic heterocycles. The number of aryl methyl sites for hydroxylation is 1. The maximum absolute atomic E-state index is 12.6. The molecule has 0 spiro atoms. The Labute approximate surface area is 160 Å². The van der Waals surface area contributed by atoms with Crippen molar-refractivity contribution in [3.05, 3.63) is 41.2 Å². The second-order valence-corrected chi connectivity index (χ2v) is 7.91. The largest absolute Gasteiger partial charge is 0.456 e. The van der Waals surface area contributed by atoms with Gasteiger partial charge in [-0.3, -0.25) is 4.79 Å². The predicted octanol–water partition coefficient (Wildman–Crippen LogP) is 2.78. The van der Waals surface area contributed by atoms with E-state index in [1.54, 1.807) is 13.2 Å². The molecular formula is C20H28N4O3. The molecule has 0 unspecified atom stereocenters. The molecule has 0 bridgehead atoms. The third-order valence-electron chi connectivity index (χ3n) is 4.57. The Hall–Kier alpha value is -2.41. The van der Waals surface area contributed by atoms with Crippen LogP contribution in [0.3, 0.4) is 0 Å². The third-order valence-corrected chi connectivity index (χ3v) is 4.57. The first-order valence-corrected chi connectivity index (χ1v) is 9.26. The molecule has 1 aliphatic heterocycles. The Bertz CT molecular complexity index is 802. The zero-order chi connectivity index (χ0) is 19.6. The van der Waals surface area contributed by atoms with Crippen molar-refractivity contribution >= 4 is 11.7 Å². The van der Waals surface area contributed by atoms with Crippen LogP contribution in [0, 0.1) is 6.92 Å². The predicted molar refractivity (Wildman–Crippen MR) is 103 cm³/mol. The van der Waals surface area contributed by atoms with Crippen LogP contribution in [0.2, 0.25) is 0 Å². The number of furan rings is 1. The van der Waals surface area contributed by atoms with Crippen molar-refractivity contribution in [1.29, 1.82) is 0 Å². The first kappa shape index (κ1) is 19.4. The number of nitrogens with zero attached hydrogens (tertiary/aromatic N) is 4. The molecule has 7 heteroatoms. The van der Waals surface area contributed by atoms with Crippen molar-refractivity contribution in [2.45, 2.75) is 39.7 Å². The van der Waals surface area contributed by atoms with Gasteiger partial charge in [0.15, 0.2) is 5.76 Å². The van der Waals surface area contributed by atoms with E-state index in [1.165, 1.54) is 0 Å². The number of piperazine rings is 1. The van der Waals surface area contributed by atoms with Gasteiger partial charge >= 0.3 is 0 Å². The summed E-state index contributed by atoms with van der Waals surface area (Å²) in [6.45, 7) is 11.3. The van der Waals surface area contributed by atoms with Crippen LogP contribution < -0.4 is 4.90 Å². The van der Waals surface area contributed by atoms with E-state index in [0.717, 1.165) is 36.2 Å². The van der Waals surface area contributed by atoms with Crippen molar-refractivity contribution in [2.75, 3.05) is 38.2 Å². The molecule has 0 aromatic carbocycles. The van der Waals surface area contributed by atoms with Crippen LogP contribution in [0.15, 0.2) is 22.6 Å². The summed E-state index contributed by atoms with van der Waals surface area (Å²) in [7, 11) is 1.67. The quantitative estimate of drug-likeness (QED) is 0.822. The summed E-state index contributed by atoms with van der Waals surface area (Å²) in [6, 6.07) is 5.53. The number of hydrogen-bond acceptors (Lipinski definition) is 6. The molecule has 0 radical (unpaired) electrons. The summed E-state index contributed by atoms with van der Waals surface area (Å²) in [5.41, 5.74) is 0.727. The number of ether oxygens (including phenoxy) is 1. The molecule has 0 aliphatic carbocycles. The van der Waals surface area contributed by atoms with Crippen LogP contribution in [0.1, 0.15) is 48.6 Å². The molecule has 146 valence electrons. The highest BCUT2D eigenvalue weighted by molar-refractivity contribution is 5.91. The van der Waals surface area contributed by atoms with Gasteiger partial charge in [-0.25, -0.2) is 9.97 Å². The van der Waals surface area contributed by atoms with E-state index < -0.39 is 0 Å². The molecule has 3 rings (SSSR count). The lowest BCUT2D eigenvalue weighted by Gasteiger charge is -2.35. The molecule has 0 N–H and O–H groups in total. The summed E-state index contributed by atoms with van der Waals surface area (Å²) in [4.78, 5) is 26.0. The Morgan fingerprint density at radius 3 is 2.44 bits per heavy atom. The highest BCUT2D eigenvalue weighted by Crippen LogP contribution is 2.23. The van der Waals surface area contributed by atoms with Gasteiger partial charge in [-0.15, -0.1) is 0 Å². The third kappa shape index (κ3) is 4.47. The lowest BCUT2D eigenvalue weighted by atomic mass is 9.95. The Morgan fingerprint density at radius 1 is 1.19 bits per heavy atom. The van der Waals surface area contributed by atoms with Gasteiger partial charge in [0.1, 0.15) is 17.4 Å². The maximum Gasteiger partial charge on any atom is 0.289 e. The van der Waals surface area contributed by atoms with Crippen LogP contribution in [-0.4, -0.2) is 54.1 Å². The SMILES string of the molecule is COCc1cc(N2CCN(C(=O)c3ccc(C)o3)CC2)nc(C(C)(C)C)n1. The zero-order valence-electron chi connectivity index (χ0n) is 16.8. The number of amides is 1. The fourth-order valence-electron chi connectivity index (χ4n) is 3.05. The van der Waals surface area contributed by atoms with Crippen LogP contribution in [-0.2, 0) is 16.8 Å². The second-order valence-electron chi connectivity index (χ2n) is 7.91. The van der Waals surface area contributed by atoms with Crippen molar-refractivity contribution in [3.8, 4) is 0 Å². The molecule has 27 heavy (non-hydrogen) atoms. The van der Waals surface area contributed by atoms with E-state index in [4.69, 9.17) is 14.1 Å². The van der Waals surface area contributed by atoms with Gasteiger partial charge in [-0.2, -0.15) is 0 Å². The Kier molecular flexibility index (Phi) is 5.51. The van der Waals surface area contributed by atoms with Crippen molar-refractivity contribution in [3.63, 3.8) is 0 Å². The topological polar surface area (TPSA) is 71.7 Å². The first-order valence-electron chi connectivity index (χ1n) is 9.26. The average molecular weight is 372 g/mol. The molecular weight excluding hydrogens is 344 g/mol. The number of rotatable bonds is 4. The fraction of sp³-hybridized carbons (Fsp3) is 0.550. The summed E-state index contributed by atoms with van der Waals surface area (Å²) in [6.07, 6.45) is 0. The van der Waals surface area contributed by atoms with Crippen molar-refractivity contribution in [1.82, 2.24) is 14.9 Å². The van der Waals surface area contributed by atoms with Crippen LogP contribution in [0.4, 0.5) is 5.82 Å². The highest BCUT2D eigenvalue weighted by atomic mass is 16.5. The Morgan fingerprint density at radius 2 is 1.89 bits per heavy atom. The van der Waals surface area contributed by atoms with Gasteiger partial charge in [0.2, 0.25) is 0 Å². The highest BCUT2D eigenvalue weighted by Gasteiger charge is 2.26. The summed E-state index contributed by atoms with van der Waals surface area (Å²) < 4.78 is 10.7. The first-order chi connectivity index (χ1) is 12.8. The number of methoxy groups -OCH3 is 1. The molecule has 1 saturated heterocycles. The van der Waals surface area contributed by atoms with E-state index in [1.807, 2.05) is 24.0 Å². The molecule has 7 nitrogen and oxygen atoms in total. The second kappa shape index (κ2) is 7.68. The standard InChI is InChI=1S/C20H28N4O3/c1-14-6-7-16(27-14)18(25)24-10-8-23(9-11-24)17-12-15(13-26-5)21-19(22-17)20(2,3)4/h6-7,12H,8-11,13H2,1-5H3. The van der Waals surface area contributed by atoms with Gasteiger partial charge in [0.25, 0.3) is 5.91 Å². The smallest absolute Gasteiger partial charge is 0.289 e. The van der Waals surface area contributed by atoms with Crippen LogP contribution >= 0.6 is 0 Å². The number of anilines is 1. The molecule has 1 amide bonds. The van der Waals surface area contributed by atoms with Crippen molar-refractivity contribution in [2.24, 2.45) is 0 Å². The average Bonchev–Trinajstić information content (AvgIpc) is 3.07. The lowest BCUT2D eigenvalue weighted by molar-refractivity contribution is 0.0713. The van der Waals surface area contributed by atoms with E-state index in [-0.39, 0.29) is 11.3 Å². The molecule has 2 aromatic rings. The van der Waals surface area contributed by atoms with Crippen LogP contribution in [0.25, 0.3) is 0 Å².